The van der Waals surface area contributed by atoms with Crippen LogP contribution in [0.4, 0.5) is 0 Å². The van der Waals surface area contributed by atoms with E-state index >= 15 is 0 Å². The van der Waals surface area contributed by atoms with Gasteiger partial charge in [0.2, 0.25) is 0 Å². The summed E-state index contributed by atoms with van der Waals surface area (Å²) in [7, 11) is 0. The minimum absolute atomic E-state index is 0.0659. The summed E-state index contributed by atoms with van der Waals surface area (Å²) < 4.78 is 15.3. The molecule has 0 heterocycles. The quantitative estimate of drug-likeness (QED) is 0.189. The van der Waals surface area contributed by atoms with Crippen molar-refractivity contribution in [2.24, 2.45) is 0 Å². The van der Waals surface area contributed by atoms with Gasteiger partial charge in [0.05, 0.1) is 0 Å². The molecule has 0 radical (unpaired) electrons. The molecule has 4 aromatic rings. The SMILES string of the molecule is Cc1cc2c(cc1C)[CH]([Zr]([O]c1cccc(C(C)C)c1)([O]c1cccc(C(C)C)c1)[CH]1C=Cc3cc(C)c(C)cc31)C=C2. The molecule has 2 aliphatic carbocycles. The van der Waals surface area contributed by atoms with Crippen molar-refractivity contribution in [1.82, 2.24) is 0 Å². The number of allylic oxidation sites excluding steroid dienone is 2. The third-order valence-corrected chi connectivity index (χ3v) is 18.9. The zero-order chi connectivity index (χ0) is 30.5. The van der Waals surface area contributed by atoms with E-state index in [2.05, 4.69) is 152 Å². The fourth-order valence-electron chi connectivity index (χ4n) is 6.57. The molecule has 6 rings (SSSR count). The zero-order valence-electron chi connectivity index (χ0n) is 26.9. The van der Waals surface area contributed by atoms with Gasteiger partial charge in [0.1, 0.15) is 0 Å². The second kappa shape index (κ2) is 11.7. The van der Waals surface area contributed by atoms with Crippen LogP contribution in [0, 0.1) is 27.7 Å². The maximum atomic E-state index is 7.60. The monoisotopic (exact) mass is 646 g/mol. The van der Waals surface area contributed by atoms with Crippen molar-refractivity contribution in [3.63, 3.8) is 0 Å². The summed E-state index contributed by atoms with van der Waals surface area (Å²) >= 11 is -4.41. The van der Waals surface area contributed by atoms with E-state index in [0.29, 0.717) is 11.8 Å². The Kier molecular flexibility index (Phi) is 8.16. The molecule has 2 aliphatic rings. The molecule has 43 heavy (non-hydrogen) atoms. The van der Waals surface area contributed by atoms with Gasteiger partial charge in [0, 0.05) is 0 Å². The predicted molar refractivity (Wildman–Crippen MR) is 178 cm³/mol. The van der Waals surface area contributed by atoms with Crippen LogP contribution in [0.2, 0.25) is 0 Å². The van der Waals surface area contributed by atoms with Crippen molar-refractivity contribution < 1.29 is 26.8 Å². The second-order valence-electron chi connectivity index (χ2n) is 13.2. The maximum absolute atomic E-state index is 7.60. The van der Waals surface area contributed by atoms with Crippen LogP contribution in [-0.2, 0) is 21.1 Å². The van der Waals surface area contributed by atoms with Gasteiger partial charge in [-0.25, -0.2) is 0 Å². The van der Waals surface area contributed by atoms with E-state index in [-0.39, 0.29) is 7.25 Å². The van der Waals surface area contributed by atoms with Crippen LogP contribution in [0.25, 0.3) is 12.2 Å². The van der Waals surface area contributed by atoms with Gasteiger partial charge >= 0.3 is 265 Å². The number of aryl methyl sites for hydroxylation is 4. The topological polar surface area (TPSA) is 18.5 Å². The van der Waals surface area contributed by atoms with Gasteiger partial charge < -0.3 is 0 Å². The van der Waals surface area contributed by atoms with Gasteiger partial charge in [0.25, 0.3) is 0 Å². The summed E-state index contributed by atoms with van der Waals surface area (Å²) in [6.07, 6.45) is 9.40. The number of fused-ring (bicyclic) bond motifs is 2. The first-order chi connectivity index (χ1) is 20.6. The molecule has 0 spiro atoms. The Hall–Kier alpha value is -3.16. The molecule has 0 amide bonds. The molecule has 220 valence electrons. The Morgan fingerprint density at radius 3 is 1.33 bits per heavy atom. The summed E-state index contributed by atoms with van der Waals surface area (Å²) in [4.78, 5) is 0. The van der Waals surface area contributed by atoms with Crippen molar-refractivity contribution in [2.75, 3.05) is 0 Å². The first-order valence-corrected chi connectivity index (χ1v) is 20.6. The fraction of sp³-hybridized carbons (Fsp3) is 0.300. The van der Waals surface area contributed by atoms with Gasteiger partial charge in [-0.05, 0) is 0 Å². The zero-order valence-corrected chi connectivity index (χ0v) is 29.3. The van der Waals surface area contributed by atoms with E-state index in [1.807, 2.05) is 0 Å². The molecule has 2 nitrogen and oxygen atoms in total. The van der Waals surface area contributed by atoms with E-state index in [1.54, 1.807) is 0 Å². The average molecular weight is 648 g/mol. The van der Waals surface area contributed by atoms with Crippen molar-refractivity contribution in [1.29, 1.82) is 0 Å². The summed E-state index contributed by atoms with van der Waals surface area (Å²) in [5.74, 6) is 2.65. The van der Waals surface area contributed by atoms with Gasteiger partial charge in [-0.15, -0.1) is 0 Å². The molecule has 0 N–H and O–H groups in total. The molecule has 3 heteroatoms. The summed E-state index contributed by atoms with van der Waals surface area (Å²) in [6, 6.07) is 26.9. The molecule has 0 fully saturated rings. The Morgan fingerprint density at radius 1 is 0.535 bits per heavy atom. The third kappa shape index (κ3) is 5.62. The van der Waals surface area contributed by atoms with Gasteiger partial charge in [-0.3, -0.25) is 0 Å². The van der Waals surface area contributed by atoms with Gasteiger partial charge in [0.15, 0.2) is 0 Å². The number of hydrogen-bond acceptors (Lipinski definition) is 2. The summed E-state index contributed by atoms with van der Waals surface area (Å²) in [6.45, 7) is 17.8. The first kappa shape index (κ1) is 29.9. The van der Waals surface area contributed by atoms with Crippen LogP contribution in [0.5, 0.6) is 11.5 Å². The second-order valence-corrected chi connectivity index (χ2v) is 20.8. The molecule has 0 bridgehead atoms. The van der Waals surface area contributed by atoms with Crippen molar-refractivity contribution in [3.8, 4) is 11.5 Å². The Labute approximate surface area is 264 Å². The Bertz CT molecular complexity index is 1610. The predicted octanol–water partition coefficient (Wildman–Crippen LogP) is 11.1. The number of benzene rings is 4. The van der Waals surface area contributed by atoms with Crippen molar-refractivity contribution in [3.05, 3.63) is 141 Å². The van der Waals surface area contributed by atoms with E-state index in [9.17, 15) is 0 Å². The van der Waals surface area contributed by atoms with Crippen LogP contribution in [0.15, 0.2) is 84.9 Å². The molecule has 2 atom stereocenters. The van der Waals surface area contributed by atoms with Crippen molar-refractivity contribution in [2.45, 2.75) is 74.5 Å². The summed E-state index contributed by atoms with van der Waals surface area (Å²) in [5, 5.41) is 0. The normalized spacial score (nSPS) is 17.1. The number of rotatable bonds is 8. The van der Waals surface area contributed by atoms with Crippen LogP contribution in [-0.4, -0.2) is 0 Å². The molecular formula is C40H44O2Zr. The molecule has 2 unspecified atom stereocenters. The van der Waals surface area contributed by atoms with Crippen LogP contribution >= 0.6 is 0 Å². The molecule has 0 saturated heterocycles. The van der Waals surface area contributed by atoms with E-state index in [0.717, 1.165) is 11.5 Å². The van der Waals surface area contributed by atoms with Crippen LogP contribution in [0.3, 0.4) is 0 Å². The van der Waals surface area contributed by atoms with Gasteiger partial charge in [-0.2, -0.15) is 0 Å². The fourth-order valence-corrected chi connectivity index (χ4v) is 16.5. The molecule has 0 saturated carbocycles. The van der Waals surface area contributed by atoms with E-state index in [1.165, 1.54) is 55.6 Å². The molecule has 0 aliphatic heterocycles. The molecule has 0 aromatic heterocycles. The Balaban J connectivity index is 1.61. The Morgan fingerprint density at radius 2 is 0.930 bits per heavy atom. The first-order valence-electron chi connectivity index (χ1n) is 15.7. The van der Waals surface area contributed by atoms with Gasteiger partial charge in [-0.1, -0.05) is 0 Å². The van der Waals surface area contributed by atoms with Crippen LogP contribution in [0.1, 0.15) is 102 Å². The molecular weight excluding hydrogens is 604 g/mol. The average Bonchev–Trinajstić information content (AvgIpc) is 3.57. The van der Waals surface area contributed by atoms with E-state index in [4.69, 9.17) is 5.63 Å². The standard InChI is InChI=1S/2C11H11.2C9H12O.Zr/c2*1-8-6-10-4-3-5-11(10)7-9(8)2;2*1-7(2)8-4-3-5-9(10)6-8;/h2*3-7H,1-2H3;2*3-7,10H,1-2H3;/q;;;;+2/p-2. The minimum atomic E-state index is -4.41. The third-order valence-electron chi connectivity index (χ3n) is 9.48. The summed E-state index contributed by atoms with van der Waals surface area (Å²) in [5.41, 5.74) is 13.1. The number of hydrogen-bond donors (Lipinski definition) is 0. The molecule has 4 aromatic carbocycles. The van der Waals surface area contributed by atoms with E-state index < -0.39 is 21.1 Å². The van der Waals surface area contributed by atoms with Crippen molar-refractivity contribution >= 4 is 12.2 Å². The van der Waals surface area contributed by atoms with Crippen LogP contribution < -0.4 is 5.63 Å².